The van der Waals surface area contributed by atoms with Gasteiger partial charge in [-0.15, -0.1) is 0 Å². The number of fused-ring (bicyclic) bond motifs is 5. The summed E-state index contributed by atoms with van der Waals surface area (Å²) in [7, 11) is 0. The Labute approximate surface area is 170 Å². The molecule has 0 aliphatic heterocycles. The molecule has 0 unspecified atom stereocenters. The van der Waals surface area contributed by atoms with Crippen molar-refractivity contribution in [1.29, 1.82) is 0 Å². The molecule has 3 N–H and O–H groups in total. The second-order valence-electron chi connectivity index (χ2n) is 11.4. The summed E-state index contributed by atoms with van der Waals surface area (Å²) >= 11 is 0. The van der Waals surface area contributed by atoms with Crippen LogP contribution in [-0.4, -0.2) is 33.5 Å². The summed E-state index contributed by atoms with van der Waals surface area (Å²) < 4.78 is 0. The lowest BCUT2D eigenvalue weighted by Crippen LogP contribution is -2.58. The monoisotopic (exact) mass is 392 g/mol. The quantitative estimate of drug-likeness (QED) is 0.659. The molecule has 0 bridgehead atoms. The van der Waals surface area contributed by atoms with E-state index in [4.69, 9.17) is 5.11 Å². The Bertz CT molecular complexity index is 605. The first kappa shape index (κ1) is 20.7. The molecule has 0 aromatic heterocycles. The van der Waals surface area contributed by atoms with Crippen LogP contribution in [0.5, 0.6) is 0 Å². The minimum atomic E-state index is -0.684. The fraction of sp³-hybridized carbons (Fsp3) is 0.958. The predicted octanol–water partition coefficient (Wildman–Crippen LogP) is 4.48. The molecule has 160 valence electrons. The Kier molecular flexibility index (Phi) is 5.36. The second-order valence-corrected chi connectivity index (χ2v) is 11.4. The Morgan fingerprint density at radius 1 is 1.00 bits per heavy atom. The summed E-state index contributed by atoms with van der Waals surface area (Å²) in [6, 6.07) is 0. The van der Waals surface area contributed by atoms with Crippen LogP contribution >= 0.6 is 0 Å². The number of rotatable bonds is 4. The van der Waals surface area contributed by atoms with E-state index in [1.165, 1.54) is 25.7 Å². The Hall–Kier alpha value is -0.610. The lowest BCUT2D eigenvalue weighted by Gasteiger charge is -2.62. The average molecular weight is 393 g/mol. The van der Waals surface area contributed by atoms with Gasteiger partial charge < -0.3 is 15.3 Å². The van der Waals surface area contributed by atoms with Crippen LogP contribution in [0.3, 0.4) is 0 Å². The van der Waals surface area contributed by atoms with Gasteiger partial charge in [0.2, 0.25) is 0 Å². The maximum Gasteiger partial charge on any atom is 0.303 e. The smallest absolute Gasteiger partial charge is 0.303 e. The fourth-order valence-corrected chi connectivity index (χ4v) is 8.73. The third-order valence-corrected chi connectivity index (χ3v) is 10.2. The molecule has 0 heterocycles. The lowest BCUT2D eigenvalue weighted by atomic mass is 9.43. The first-order valence-electron chi connectivity index (χ1n) is 11.7. The number of carboxylic acids is 1. The highest BCUT2D eigenvalue weighted by atomic mass is 16.4. The lowest BCUT2D eigenvalue weighted by molar-refractivity contribution is -0.174. The number of carbonyl (C=O) groups is 1. The first-order valence-corrected chi connectivity index (χ1v) is 11.7. The van der Waals surface area contributed by atoms with Crippen molar-refractivity contribution in [1.82, 2.24) is 0 Å². The molecule has 10 atom stereocenters. The van der Waals surface area contributed by atoms with Crippen molar-refractivity contribution >= 4 is 5.97 Å². The van der Waals surface area contributed by atoms with Crippen LogP contribution in [0.15, 0.2) is 0 Å². The highest BCUT2D eigenvalue weighted by Gasteiger charge is 2.62. The van der Waals surface area contributed by atoms with Gasteiger partial charge in [-0.1, -0.05) is 20.8 Å². The zero-order valence-corrected chi connectivity index (χ0v) is 17.9. The van der Waals surface area contributed by atoms with Crippen molar-refractivity contribution in [2.45, 2.75) is 97.2 Å². The minimum absolute atomic E-state index is 0.179. The van der Waals surface area contributed by atoms with Gasteiger partial charge in [0.1, 0.15) is 0 Å². The summed E-state index contributed by atoms with van der Waals surface area (Å²) in [6.07, 6.45) is 9.19. The zero-order chi connectivity index (χ0) is 20.3. The molecule has 0 aromatic carbocycles. The Morgan fingerprint density at radius 2 is 1.68 bits per heavy atom. The third kappa shape index (κ3) is 3.14. The molecule has 0 radical (unpaired) electrons. The molecule has 0 amide bonds. The molecule has 0 aromatic rings. The van der Waals surface area contributed by atoms with Crippen molar-refractivity contribution in [2.24, 2.45) is 46.3 Å². The summed E-state index contributed by atoms with van der Waals surface area (Å²) in [6.45, 7) is 7.16. The molecule has 0 saturated heterocycles. The van der Waals surface area contributed by atoms with Crippen LogP contribution in [0.25, 0.3) is 0 Å². The molecule has 4 rings (SSSR count). The van der Waals surface area contributed by atoms with E-state index < -0.39 is 5.97 Å². The maximum atomic E-state index is 11.2. The predicted molar refractivity (Wildman–Crippen MR) is 109 cm³/mol. The number of carboxylic acid groups (broad SMARTS) is 1. The summed E-state index contributed by atoms with van der Waals surface area (Å²) in [4.78, 5) is 11.1. The molecule has 0 spiro atoms. The van der Waals surface area contributed by atoms with Gasteiger partial charge in [-0.2, -0.15) is 0 Å². The van der Waals surface area contributed by atoms with Crippen LogP contribution in [-0.2, 0) is 4.79 Å². The maximum absolute atomic E-state index is 11.2. The van der Waals surface area contributed by atoms with Gasteiger partial charge in [0.25, 0.3) is 0 Å². The van der Waals surface area contributed by atoms with E-state index in [-0.39, 0.29) is 29.5 Å². The molecular weight excluding hydrogens is 352 g/mol. The number of aliphatic hydroxyl groups excluding tert-OH is 2. The molecule has 4 heteroatoms. The summed E-state index contributed by atoms with van der Waals surface area (Å²) in [5, 5.41) is 30.5. The molecule has 4 aliphatic carbocycles. The van der Waals surface area contributed by atoms with Gasteiger partial charge in [0.05, 0.1) is 12.2 Å². The molecule has 4 saturated carbocycles. The minimum Gasteiger partial charge on any atom is -0.481 e. The van der Waals surface area contributed by atoms with Crippen molar-refractivity contribution in [2.75, 3.05) is 0 Å². The molecule has 4 fully saturated rings. The SMILES string of the molecule is C[C@H](CCC(=O)O)[C@@H]1CC[C@@H]2[C@H]3[C@H](O)C[C@H]4C[C@H](O)CC[C@]4(C)[C@H]3CC[C@@]21C. The standard InChI is InChI=1S/C24H40O4/c1-14(4-7-21(27)28)17-5-6-18-22-19(9-11-24(17,18)3)23(2)10-8-16(25)12-15(23)13-20(22)26/h14-20,22,25-26H,4-13H2,1-3H3,(H,27,28)/t14-,15-,16-,17+,18-,19+,20-,22-,23+,24-/m1/s1. The van der Waals surface area contributed by atoms with Gasteiger partial charge in [0.15, 0.2) is 0 Å². The van der Waals surface area contributed by atoms with Crippen molar-refractivity contribution < 1.29 is 20.1 Å². The second kappa shape index (κ2) is 7.27. The van der Waals surface area contributed by atoms with E-state index in [0.29, 0.717) is 35.5 Å². The number of hydrogen-bond donors (Lipinski definition) is 3. The summed E-state index contributed by atoms with van der Waals surface area (Å²) in [5.41, 5.74) is 0.523. The van der Waals surface area contributed by atoms with Crippen LogP contribution in [0.1, 0.15) is 85.0 Å². The van der Waals surface area contributed by atoms with Crippen LogP contribution in [0.4, 0.5) is 0 Å². The van der Waals surface area contributed by atoms with E-state index in [1.54, 1.807) is 0 Å². The largest absolute Gasteiger partial charge is 0.481 e. The van der Waals surface area contributed by atoms with Crippen LogP contribution in [0, 0.1) is 46.3 Å². The highest BCUT2D eigenvalue weighted by Crippen LogP contribution is 2.68. The van der Waals surface area contributed by atoms with Gasteiger partial charge in [-0.25, -0.2) is 0 Å². The van der Waals surface area contributed by atoms with E-state index in [0.717, 1.165) is 32.1 Å². The van der Waals surface area contributed by atoms with E-state index in [9.17, 15) is 15.0 Å². The molecule has 28 heavy (non-hydrogen) atoms. The highest BCUT2D eigenvalue weighted by molar-refractivity contribution is 5.66. The van der Waals surface area contributed by atoms with E-state index in [1.807, 2.05) is 0 Å². The van der Waals surface area contributed by atoms with E-state index in [2.05, 4.69) is 20.8 Å². The van der Waals surface area contributed by atoms with Crippen molar-refractivity contribution in [3.05, 3.63) is 0 Å². The number of hydrogen-bond acceptors (Lipinski definition) is 3. The van der Waals surface area contributed by atoms with Gasteiger partial charge in [0, 0.05) is 6.42 Å². The normalized spacial score (nSPS) is 51.7. The fourth-order valence-electron chi connectivity index (χ4n) is 8.73. The Morgan fingerprint density at radius 3 is 2.39 bits per heavy atom. The first-order chi connectivity index (χ1) is 13.2. The molecule has 4 nitrogen and oxygen atoms in total. The van der Waals surface area contributed by atoms with Gasteiger partial charge in [-0.3, -0.25) is 4.79 Å². The van der Waals surface area contributed by atoms with Crippen LogP contribution in [0.2, 0.25) is 0 Å². The zero-order valence-electron chi connectivity index (χ0n) is 17.9. The average Bonchev–Trinajstić information content (AvgIpc) is 2.98. The van der Waals surface area contributed by atoms with Crippen molar-refractivity contribution in [3.63, 3.8) is 0 Å². The molecular formula is C24H40O4. The Balaban J connectivity index is 1.55. The molecule has 4 aliphatic rings. The summed E-state index contributed by atoms with van der Waals surface area (Å²) in [5.74, 6) is 2.36. The number of aliphatic hydroxyl groups is 2. The van der Waals surface area contributed by atoms with Crippen LogP contribution < -0.4 is 0 Å². The van der Waals surface area contributed by atoms with E-state index >= 15 is 0 Å². The third-order valence-electron chi connectivity index (χ3n) is 10.2. The number of aliphatic carboxylic acids is 1. The van der Waals surface area contributed by atoms with Crippen molar-refractivity contribution in [3.8, 4) is 0 Å². The van der Waals surface area contributed by atoms with Gasteiger partial charge >= 0.3 is 5.97 Å². The van der Waals surface area contributed by atoms with Gasteiger partial charge in [-0.05, 0) is 104 Å². The topological polar surface area (TPSA) is 77.8 Å².